The Balaban J connectivity index is 1.88. The van der Waals surface area contributed by atoms with Gasteiger partial charge in [0.15, 0.2) is 0 Å². The van der Waals surface area contributed by atoms with E-state index in [9.17, 15) is 0 Å². The summed E-state index contributed by atoms with van der Waals surface area (Å²) in [5, 5.41) is 3.45. The van der Waals surface area contributed by atoms with Gasteiger partial charge in [0.25, 0.3) is 0 Å². The largest absolute Gasteiger partial charge is 0.312 e. The van der Waals surface area contributed by atoms with Crippen LogP contribution in [0.25, 0.3) is 0 Å². The zero-order valence-corrected chi connectivity index (χ0v) is 12.2. The van der Waals surface area contributed by atoms with Crippen molar-refractivity contribution < 1.29 is 0 Å². The summed E-state index contributed by atoms with van der Waals surface area (Å²) in [7, 11) is 0. The van der Waals surface area contributed by atoms with Crippen molar-refractivity contribution in [2.75, 3.05) is 18.6 Å². The zero-order valence-electron chi connectivity index (χ0n) is 9.80. The van der Waals surface area contributed by atoms with E-state index in [4.69, 9.17) is 11.6 Å². The fourth-order valence-electron chi connectivity index (χ4n) is 1.51. The Bertz CT molecular complexity index is 276. The summed E-state index contributed by atoms with van der Waals surface area (Å²) < 4.78 is 0.883. The van der Waals surface area contributed by atoms with Gasteiger partial charge in [0.1, 0.15) is 0 Å². The molecule has 0 radical (unpaired) electrons. The molecule has 0 bridgehead atoms. The lowest BCUT2D eigenvalue weighted by Gasteiger charge is -2.02. The molecule has 0 aromatic carbocycles. The first kappa shape index (κ1) is 14.4. The van der Waals surface area contributed by atoms with Crippen molar-refractivity contribution >= 4 is 34.7 Å². The number of thioether (sulfide) groups is 1. The topological polar surface area (TPSA) is 12.0 Å². The number of hydrogen-bond donors (Lipinski definition) is 1. The maximum atomic E-state index is 5.86. The second kappa shape index (κ2) is 9.34. The third-order valence-corrected chi connectivity index (χ3v) is 4.31. The molecule has 0 saturated carbocycles. The van der Waals surface area contributed by atoms with Crippen LogP contribution < -0.4 is 5.32 Å². The van der Waals surface area contributed by atoms with Crippen molar-refractivity contribution in [2.24, 2.45) is 0 Å². The molecule has 92 valence electrons. The molecule has 1 rings (SSSR count). The normalized spacial score (nSPS) is 10.9. The minimum Gasteiger partial charge on any atom is -0.312 e. The molecule has 0 aliphatic carbocycles. The fourth-order valence-corrected chi connectivity index (χ4v) is 3.06. The summed E-state index contributed by atoms with van der Waals surface area (Å²) in [4.78, 5) is 1.33. The first-order valence-corrected chi connectivity index (χ1v) is 8.35. The van der Waals surface area contributed by atoms with E-state index in [0.717, 1.165) is 17.4 Å². The molecule has 0 aliphatic rings. The average Bonchev–Trinajstić information content (AvgIpc) is 2.68. The summed E-state index contributed by atoms with van der Waals surface area (Å²) >= 11 is 9.47. The highest BCUT2D eigenvalue weighted by Crippen LogP contribution is 2.20. The van der Waals surface area contributed by atoms with E-state index in [-0.39, 0.29) is 0 Å². The maximum absolute atomic E-state index is 5.86. The van der Waals surface area contributed by atoms with Crippen LogP contribution in [0.15, 0.2) is 12.1 Å². The van der Waals surface area contributed by atoms with Crippen molar-refractivity contribution in [3.05, 3.63) is 21.3 Å². The van der Waals surface area contributed by atoms with Crippen LogP contribution in [0.4, 0.5) is 0 Å². The van der Waals surface area contributed by atoms with Gasteiger partial charge in [-0.25, -0.2) is 0 Å². The van der Waals surface area contributed by atoms with Gasteiger partial charge in [0, 0.05) is 11.4 Å². The molecular formula is C12H20ClNS2. The Hall–Kier alpha value is 0.300. The molecule has 0 amide bonds. The third kappa shape index (κ3) is 6.79. The minimum absolute atomic E-state index is 0.883. The number of hydrogen-bond acceptors (Lipinski definition) is 3. The van der Waals surface area contributed by atoms with Crippen molar-refractivity contribution in [3.8, 4) is 0 Å². The van der Waals surface area contributed by atoms with Gasteiger partial charge in [0.05, 0.1) is 4.34 Å². The van der Waals surface area contributed by atoms with Crippen LogP contribution in [-0.2, 0) is 6.54 Å². The standard InChI is InChI=1S/C12H20ClNS2/c1-15-9-5-3-2-4-8-14-10-11-6-7-12(13)16-11/h6-7,14H,2-5,8-10H2,1H3. The molecule has 0 fully saturated rings. The molecule has 0 aliphatic heterocycles. The van der Waals surface area contributed by atoms with Crippen molar-refractivity contribution in [3.63, 3.8) is 0 Å². The molecule has 0 spiro atoms. The van der Waals surface area contributed by atoms with Crippen LogP contribution in [0.2, 0.25) is 4.34 Å². The van der Waals surface area contributed by atoms with Crippen LogP contribution >= 0.6 is 34.7 Å². The summed E-state index contributed by atoms with van der Waals surface area (Å²) in [6.07, 6.45) is 7.54. The Labute approximate surface area is 112 Å². The second-order valence-electron chi connectivity index (χ2n) is 3.79. The monoisotopic (exact) mass is 277 g/mol. The second-order valence-corrected chi connectivity index (χ2v) is 6.57. The molecule has 1 N–H and O–H groups in total. The molecule has 1 nitrogen and oxygen atoms in total. The SMILES string of the molecule is CSCCCCCCNCc1ccc(Cl)s1. The number of rotatable bonds is 9. The van der Waals surface area contributed by atoms with Gasteiger partial charge in [-0.1, -0.05) is 24.4 Å². The maximum Gasteiger partial charge on any atom is 0.0931 e. The number of nitrogens with one attached hydrogen (secondary N) is 1. The van der Waals surface area contributed by atoms with Gasteiger partial charge >= 0.3 is 0 Å². The van der Waals surface area contributed by atoms with Crippen molar-refractivity contribution in [2.45, 2.75) is 32.2 Å². The van der Waals surface area contributed by atoms with Crippen LogP contribution in [0.5, 0.6) is 0 Å². The Morgan fingerprint density at radius 2 is 2.06 bits per heavy atom. The summed E-state index contributed by atoms with van der Waals surface area (Å²) in [6, 6.07) is 4.06. The zero-order chi connectivity index (χ0) is 11.6. The molecule has 16 heavy (non-hydrogen) atoms. The number of halogens is 1. The van der Waals surface area contributed by atoms with Crippen molar-refractivity contribution in [1.82, 2.24) is 5.32 Å². The van der Waals surface area contributed by atoms with Crippen LogP contribution in [-0.4, -0.2) is 18.6 Å². The molecular weight excluding hydrogens is 258 g/mol. The summed E-state index contributed by atoms with van der Waals surface area (Å²) in [5.74, 6) is 1.31. The lowest BCUT2D eigenvalue weighted by atomic mass is 10.2. The van der Waals surface area contributed by atoms with Gasteiger partial charge in [-0.2, -0.15) is 11.8 Å². The first-order chi connectivity index (χ1) is 7.83. The van der Waals surface area contributed by atoms with E-state index in [2.05, 4.69) is 17.6 Å². The Kier molecular flexibility index (Phi) is 8.39. The predicted octanol–water partition coefficient (Wildman–Crippen LogP) is 4.41. The average molecular weight is 278 g/mol. The van der Waals surface area contributed by atoms with E-state index < -0.39 is 0 Å². The quantitative estimate of drug-likeness (QED) is 0.671. The van der Waals surface area contributed by atoms with Gasteiger partial charge in [-0.3, -0.25) is 0 Å². The van der Waals surface area contributed by atoms with E-state index in [1.165, 1.54) is 36.3 Å². The predicted molar refractivity (Wildman–Crippen MR) is 77.9 cm³/mol. The number of thiophene rings is 1. The molecule has 1 aromatic rings. The fraction of sp³-hybridized carbons (Fsp3) is 0.667. The highest BCUT2D eigenvalue weighted by molar-refractivity contribution is 7.98. The van der Waals surface area contributed by atoms with E-state index >= 15 is 0 Å². The molecule has 0 unspecified atom stereocenters. The lowest BCUT2D eigenvalue weighted by molar-refractivity contribution is 0.602. The van der Waals surface area contributed by atoms with E-state index in [0.29, 0.717) is 0 Å². The third-order valence-electron chi connectivity index (χ3n) is 2.38. The Morgan fingerprint density at radius 3 is 2.75 bits per heavy atom. The van der Waals surface area contributed by atoms with Crippen molar-refractivity contribution in [1.29, 1.82) is 0 Å². The molecule has 1 heterocycles. The molecule has 0 atom stereocenters. The highest BCUT2D eigenvalue weighted by atomic mass is 35.5. The van der Waals surface area contributed by atoms with Gasteiger partial charge in [-0.05, 0) is 43.5 Å². The Morgan fingerprint density at radius 1 is 1.25 bits per heavy atom. The van der Waals surface area contributed by atoms with Gasteiger partial charge in [0.2, 0.25) is 0 Å². The molecule has 0 saturated heterocycles. The summed E-state index contributed by atoms with van der Waals surface area (Å²) in [6.45, 7) is 2.08. The van der Waals surface area contributed by atoms with Crippen LogP contribution in [0.1, 0.15) is 30.6 Å². The summed E-state index contributed by atoms with van der Waals surface area (Å²) in [5.41, 5.74) is 0. The van der Waals surface area contributed by atoms with Crippen LogP contribution in [0.3, 0.4) is 0 Å². The molecule has 4 heteroatoms. The molecule has 1 aromatic heterocycles. The highest BCUT2D eigenvalue weighted by Gasteiger charge is 1.96. The van der Waals surface area contributed by atoms with Gasteiger partial charge in [-0.15, -0.1) is 11.3 Å². The first-order valence-electron chi connectivity index (χ1n) is 5.77. The van der Waals surface area contributed by atoms with Gasteiger partial charge < -0.3 is 5.32 Å². The van der Waals surface area contributed by atoms with Crippen LogP contribution in [0, 0.1) is 0 Å². The van der Waals surface area contributed by atoms with E-state index in [1.807, 2.05) is 17.8 Å². The number of unbranched alkanes of at least 4 members (excludes halogenated alkanes) is 3. The lowest BCUT2D eigenvalue weighted by Crippen LogP contribution is -2.13. The smallest absolute Gasteiger partial charge is 0.0931 e. The minimum atomic E-state index is 0.883. The van der Waals surface area contributed by atoms with E-state index in [1.54, 1.807) is 11.3 Å².